The number of carbonyl (C=O) groups is 1. The molecule has 3 heterocycles. The van der Waals surface area contributed by atoms with Crippen molar-refractivity contribution in [3.63, 3.8) is 0 Å². The minimum absolute atomic E-state index is 0.108. The summed E-state index contributed by atoms with van der Waals surface area (Å²) in [5.41, 5.74) is 4.58. The van der Waals surface area contributed by atoms with Gasteiger partial charge in [0.1, 0.15) is 11.8 Å². The normalized spacial score (nSPS) is 16.7. The van der Waals surface area contributed by atoms with Gasteiger partial charge in [-0.3, -0.25) is 0 Å². The van der Waals surface area contributed by atoms with Crippen LogP contribution in [0.25, 0.3) is 11.3 Å². The summed E-state index contributed by atoms with van der Waals surface area (Å²) in [5, 5.41) is 16.6. The number of carbonyl (C=O) groups excluding carboxylic acids is 1. The summed E-state index contributed by atoms with van der Waals surface area (Å²) in [6.45, 7) is 16.7. The lowest BCUT2D eigenvalue weighted by Gasteiger charge is -2.39. The molecule has 10 heteroatoms. The van der Waals surface area contributed by atoms with Gasteiger partial charge in [0.2, 0.25) is 5.95 Å². The second-order valence-electron chi connectivity index (χ2n) is 11.6. The van der Waals surface area contributed by atoms with Gasteiger partial charge in [0.25, 0.3) is 0 Å². The van der Waals surface area contributed by atoms with Crippen LogP contribution >= 0.6 is 0 Å². The Hall–Kier alpha value is -3.81. The molecule has 1 atom stereocenters. The van der Waals surface area contributed by atoms with Crippen LogP contribution in [0.5, 0.6) is 0 Å². The summed E-state index contributed by atoms with van der Waals surface area (Å²) >= 11 is 0. The van der Waals surface area contributed by atoms with Crippen LogP contribution in [0, 0.1) is 11.3 Å². The van der Waals surface area contributed by atoms with Crippen molar-refractivity contribution < 1.29 is 14.0 Å². The van der Waals surface area contributed by atoms with E-state index in [1.165, 1.54) is 6.20 Å². The van der Waals surface area contributed by atoms with Gasteiger partial charge in [0.15, 0.2) is 8.32 Å². The number of rotatable bonds is 8. The maximum absolute atomic E-state index is 11.9. The van der Waals surface area contributed by atoms with Crippen LogP contribution in [0.1, 0.15) is 56.2 Å². The first-order valence-electron chi connectivity index (χ1n) is 13.1. The standard InChI is InChI=1S/C29H36N6O3Si/c1-8-37-26(36)24-10-9-21(16-32-24)34-27-31-12-11-23(35-27)19-13-20(15-30)25-22(14-19)29(5,17-33-25)18-38-39(6,7)28(2,3)4/h9-14,16,33H,8,17-18H2,1-7H3,(H,31,34,35). The van der Waals surface area contributed by atoms with Gasteiger partial charge in [-0.2, -0.15) is 5.26 Å². The fraction of sp³-hybridized carbons (Fsp3) is 0.414. The molecule has 0 radical (unpaired) electrons. The first kappa shape index (κ1) is 28.2. The summed E-state index contributed by atoms with van der Waals surface area (Å²) in [6, 6.07) is 11.4. The zero-order valence-corrected chi connectivity index (χ0v) is 24.7. The van der Waals surface area contributed by atoms with Gasteiger partial charge >= 0.3 is 5.97 Å². The van der Waals surface area contributed by atoms with Crippen LogP contribution in [0.3, 0.4) is 0 Å². The largest absolute Gasteiger partial charge is 0.461 e. The van der Waals surface area contributed by atoms with Gasteiger partial charge < -0.3 is 19.8 Å². The fourth-order valence-electron chi connectivity index (χ4n) is 4.11. The molecule has 0 aliphatic carbocycles. The molecule has 1 aromatic carbocycles. The van der Waals surface area contributed by atoms with Crippen molar-refractivity contribution in [2.75, 3.05) is 30.4 Å². The van der Waals surface area contributed by atoms with Crippen LogP contribution in [0.15, 0.2) is 42.7 Å². The van der Waals surface area contributed by atoms with Crippen molar-refractivity contribution in [2.24, 2.45) is 0 Å². The van der Waals surface area contributed by atoms with Gasteiger partial charge in [0, 0.05) is 30.3 Å². The Morgan fingerprint density at radius 2 is 2.00 bits per heavy atom. The van der Waals surface area contributed by atoms with Gasteiger partial charge in [0.05, 0.1) is 35.4 Å². The molecule has 1 aliphatic heterocycles. The summed E-state index contributed by atoms with van der Waals surface area (Å²) in [7, 11) is -1.95. The number of nitrogens with zero attached hydrogens (tertiary/aromatic N) is 4. The van der Waals surface area contributed by atoms with Gasteiger partial charge in [-0.05, 0) is 61.0 Å². The molecule has 2 N–H and O–H groups in total. The number of fused-ring (bicyclic) bond motifs is 1. The highest BCUT2D eigenvalue weighted by molar-refractivity contribution is 6.74. The molecular formula is C29H36N6O3Si. The number of ether oxygens (including phenoxy) is 1. The topological polar surface area (TPSA) is 122 Å². The highest BCUT2D eigenvalue weighted by Gasteiger charge is 2.42. The first-order valence-corrected chi connectivity index (χ1v) is 16.0. The van der Waals surface area contributed by atoms with E-state index in [0.29, 0.717) is 36.0 Å². The number of nitriles is 1. The third-order valence-electron chi connectivity index (χ3n) is 7.58. The molecule has 0 fully saturated rings. The molecule has 1 aliphatic rings. The Morgan fingerprint density at radius 1 is 1.23 bits per heavy atom. The molecule has 1 unspecified atom stereocenters. The number of anilines is 3. The minimum atomic E-state index is -1.95. The van der Waals surface area contributed by atoms with Crippen LogP contribution in [0.2, 0.25) is 18.1 Å². The lowest BCUT2D eigenvalue weighted by atomic mass is 9.83. The molecule has 3 aromatic rings. The number of hydrogen-bond donors (Lipinski definition) is 2. The Kier molecular flexibility index (Phi) is 7.77. The molecule has 0 amide bonds. The summed E-state index contributed by atoms with van der Waals surface area (Å²) < 4.78 is 11.6. The number of nitrogens with one attached hydrogen (secondary N) is 2. The minimum Gasteiger partial charge on any atom is -0.461 e. The fourth-order valence-corrected chi connectivity index (χ4v) is 5.22. The SMILES string of the molecule is CCOC(=O)c1ccc(Nc2nccc(-c3cc(C#N)c4c(c3)C(C)(CO[Si](C)(C)C(C)(C)C)CN4)n2)cn1. The zero-order chi connectivity index (χ0) is 28.4. The predicted octanol–water partition coefficient (Wildman–Crippen LogP) is 6.04. The molecule has 0 saturated heterocycles. The van der Waals surface area contributed by atoms with E-state index in [0.717, 1.165) is 16.8 Å². The molecule has 0 saturated carbocycles. The highest BCUT2D eigenvalue weighted by atomic mass is 28.4. The maximum Gasteiger partial charge on any atom is 0.356 e. The van der Waals surface area contributed by atoms with E-state index in [9.17, 15) is 10.1 Å². The van der Waals surface area contributed by atoms with Crippen molar-refractivity contribution >= 4 is 31.6 Å². The smallest absolute Gasteiger partial charge is 0.356 e. The Balaban J connectivity index is 1.61. The van der Waals surface area contributed by atoms with E-state index in [2.05, 4.69) is 73.5 Å². The maximum atomic E-state index is 11.9. The average Bonchev–Trinajstić information content (AvgIpc) is 3.24. The Bertz CT molecular complexity index is 1410. The summed E-state index contributed by atoms with van der Waals surface area (Å²) in [4.78, 5) is 25.1. The quantitative estimate of drug-likeness (QED) is 0.258. The van der Waals surface area contributed by atoms with Crippen LogP contribution < -0.4 is 10.6 Å². The summed E-state index contributed by atoms with van der Waals surface area (Å²) in [5.74, 6) is -0.0947. The monoisotopic (exact) mass is 544 g/mol. The number of esters is 1. The molecule has 204 valence electrons. The van der Waals surface area contributed by atoms with Crippen molar-refractivity contribution in [1.29, 1.82) is 5.26 Å². The van der Waals surface area contributed by atoms with E-state index in [-0.39, 0.29) is 22.8 Å². The van der Waals surface area contributed by atoms with Crippen molar-refractivity contribution in [1.82, 2.24) is 15.0 Å². The van der Waals surface area contributed by atoms with Crippen LogP contribution in [-0.2, 0) is 14.6 Å². The molecule has 39 heavy (non-hydrogen) atoms. The third kappa shape index (κ3) is 5.94. The molecule has 0 spiro atoms. The highest BCUT2D eigenvalue weighted by Crippen LogP contribution is 2.44. The molecule has 9 nitrogen and oxygen atoms in total. The second kappa shape index (κ2) is 10.7. The molecule has 2 aromatic heterocycles. The van der Waals surface area contributed by atoms with Crippen molar-refractivity contribution in [2.45, 2.75) is 58.2 Å². The van der Waals surface area contributed by atoms with E-state index in [1.54, 1.807) is 25.3 Å². The van der Waals surface area contributed by atoms with Crippen molar-refractivity contribution in [3.05, 3.63) is 59.5 Å². The summed E-state index contributed by atoms with van der Waals surface area (Å²) in [6.07, 6.45) is 3.20. The Labute approximate surface area is 231 Å². The van der Waals surface area contributed by atoms with Gasteiger partial charge in [-0.25, -0.2) is 19.7 Å². The molecular weight excluding hydrogens is 508 g/mol. The lowest BCUT2D eigenvalue weighted by Crippen LogP contribution is -2.45. The van der Waals surface area contributed by atoms with E-state index in [4.69, 9.17) is 14.1 Å². The van der Waals surface area contributed by atoms with E-state index < -0.39 is 14.3 Å². The molecule has 4 rings (SSSR count). The number of pyridine rings is 1. The first-order chi connectivity index (χ1) is 18.4. The average molecular weight is 545 g/mol. The second-order valence-corrected chi connectivity index (χ2v) is 16.4. The van der Waals surface area contributed by atoms with Gasteiger partial charge in [-0.15, -0.1) is 0 Å². The van der Waals surface area contributed by atoms with E-state index in [1.807, 2.05) is 12.1 Å². The van der Waals surface area contributed by atoms with Crippen LogP contribution in [-0.4, -0.2) is 49.0 Å². The molecule has 0 bridgehead atoms. The number of benzene rings is 1. The lowest BCUT2D eigenvalue weighted by molar-refractivity contribution is 0.0519. The van der Waals surface area contributed by atoms with Crippen molar-refractivity contribution in [3.8, 4) is 17.3 Å². The Morgan fingerprint density at radius 3 is 2.64 bits per heavy atom. The number of aromatic nitrogens is 3. The van der Waals surface area contributed by atoms with E-state index >= 15 is 0 Å². The third-order valence-corrected chi connectivity index (χ3v) is 12.1. The predicted molar refractivity (Wildman–Crippen MR) is 155 cm³/mol. The van der Waals surface area contributed by atoms with Gasteiger partial charge in [-0.1, -0.05) is 27.7 Å². The number of hydrogen-bond acceptors (Lipinski definition) is 9. The zero-order valence-electron chi connectivity index (χ0n) is 23.7. The van der Waals surface area contributed by atoms with Crippen LogP contribution in [0.4, 0.5) is 17.3 Å².